The van der Waals surface area contributed by atoms with Gasteiger partial charge in [-0.05, 0) is 55.7 Å². The first-order valence-electron chi connectivity index (χ1n) is 18.0. The molecule has 3 amide bonds. The lowest BCUT2D eigenvalue weighted by Gasteiger charge is -2.14. The Bertz CT molecular complexity index is 1280. The predicted molar refractivity (Wildman–Crippen MR) is 194 cm³/mol. The van der Waals surface area contributed by atoms with Crippen molar-refractivity contribution in [1.29, 1.82) is 0 Å². The zero-order valence-corrected chi connectivity index (χ0v) is 29.4. The molecule has 0 spiro atoms. The van der Waals surface area contributed by atoms with Gasteiger partial charge < -0.3 is 31.2 Å². The Morgan fingerprint density at radius 2 is 1.25 bits per heavy atom. The minimum Gasteiger partial charge on any atom is -0.493 e. The van der Waals surface area contributed by atoms with E-state index in [1.54, 1.807) is 18.2 Å². The molecule has 2 aromatic carbocycles. The minimum atomic E-state index is -0.517. The Balaban J connectivity index is 1.99. The number of esters is 1. The van der Waals surface area contributed by atoms with E-state index < -0.39 is 17.8 Å². The molecule has 0 atom stereocenters. The Morgan fingerprint density at radius 1 is 0.646 bits per heavy atom. The van der Waals surface area contributed by atoms with E-state index >= 15 is 0 Å². The van der Waals surface area contributed by atoms with Gasteiger partial charge in [-0.3, -0.25) is 14.4 Å². The number of nitrogen functional groups attached to an aromatic ring is 1. The van der Waals surface area contributed by atoms with Gasteiger partial charge in [0.25, 0.3) is 5.91 Å². The van der Waals surface area contributed by atoms with Crippen molar-refractivity contribution < 1.29 is 28.7 Å². The second-order valence-corrected chi connectivity index (χ2v) is 12.3. The van der Waals surface area contributed by atoms with Crippen LogP contribution >= 0.6 is 0 Å². The largest absolute Gasteiger partial charge is 0.493 e. The van der Waals surface area contributed by atoms with Crippen molar-refractivity contribution in [1.82, 2.24) is 5.32 Å². The average molecular weight is 667 g/mol. The lowest BCUT2D eigenvalue weighted by molar-refractivity contribution is -0.116. The maximum Gasteiger partial charge on any atom is 0.338 e. The number of carbonyl (C=O) groups excluding carboxylic acids is 4. The summed E-state index contributed by atoms with van der Waals surface area (Å²) in [7, 11) is 0. The number of nitrogens with two attached hydrogens (primary N) is 1. The van der Waals surface area contributed by atoms with E-state index in [1.807, 2.05) is 0 Å². The third-order valence-electron chi connectivity index (χ3n) is 7.89. The first-order chi connectivity index (χ1) is 23.3. The molecular formula is C38H58N4O6. The number of amides is 3. The Kier molecular flexibility index (Phi) is 20.1. The minimum absolute atomic E-state index is 0.122. The number of rotatable bonds is 25. The van der Waals surface area contributed by atoms with Crippen LogP contribution in [0.5, 0.6) is 5.75 Å². The normalized spacial score (nSPS) is 10.7. The van der Waals surface area contributed by atoms with Crippen LogP contribution in [0.25, 0.3) is 0 Å². The molecule has 0 bridgehead atoms. The molecule has 0 heterocycles. The molecule has 0 unspecified atom stereocenters. The summed E-state index contributed by atoms with van der Waals surface area (Å²) in [5, 5.41) is 8.19. The predicted octanol–water partition coefficient (Wildman–Crippen LogP) is 8.41. The average Bonchev–Trinajstić information content (AvgIpc) is 3.06. The molecule has 0 saturated heterocycles. The SMILES string of the molecule is CCCCCCCCOC(=O)c1cc(N)cc(NC(=O)CNC(=O)c2cc(NC(=O)CCCCC)ccc2OCCCCCCCC)c1. The summed E-state index contributed by atoms with van der Waals surface area (Å²) in [5.41, 5.74) is 7.55. The maximum atomic E-state index is 13.3. The van der Waals surface area contributed by atoms with Gasteiger partial charge in [-0.1, -0.05) is 97.8 Å². The van der Waals surface area contributed by atoms with E-state index in [-0.39, 0.29) is 23.6 Å². The maximum absolute atomic E-state index is 13.3. The van der Waals surface area contributed by atoms with Crippen molar-refractivity contribution >= 4 is 40.8 Å². The highest BCUT2D eigenvalue weighted by molar-refractivity contribution is 6.03. The van der Waals surface area contributed by atoms with Crippen molar-refractivity contribution in [3.05, 3.63) is 47.5 Å². The molecule has 0 saturated carbocycles. The molecule has 0 aromatic heterocycles. The smallest absolute Gasteiger partial charge is 0.338 e. The summed E-state index contributed by atoms with van der Waals surface area (Å²) in [5.74, 6) is -1.27. The molecule has 0 aliphatic carbocycles. The van der Waals surface area contributed by atoms with Gasteiger partial charge in [0.2, 0.25) is 11.8 Å². The Labute approximate surface area is 287 Å². The van der Waals surface area contributed by atoms with Crippen LogP contribution in [-0.4, -0.2) is 43.4 Å². The quantitative estimate of drug-likeness (QED) is 0.0472. The number of carbonyl (C=O) groups is 4. The second-order valence-electron chi connectivity index (χ2n) is 12.3. The summed E-state index contributed by atoms with van der Waals surface area (Å²) in [4.78, 5) is 51.2. The Hall–Kier alpha value is -4.08. The molecule has 10 nitrogen and oxygen atoms in total. The fraction of sp³-hybridized carbons (Fsp3) is 0.579. The number of hydrogen-bond donors (Lipinski definition) is 4. The number of benzene rings is 2. The van der Waals surface area contributed by atoms with E-state index in [4.69, 9.17) is 15.2 Å². The van der Waals surface area contributed by atoms with Crippen LogP contribution in [0.4, 0.5) is 17.1 Å². The molecule has 0 aliphatic heterocycles. The molecule has 0 fully saturated rings. The van der Waals surface area contributed by atoms with Gasteiger partial charge >= 0.3 is 5.97 Å². The molecule has 266 valence electrons. The number of nitrogens with one attached hydrogen (secondary N) is 3. The summed E-state index contributed by atoms with van der Waals surface area (Å²) in [6, 6.07) is 9.50. The van der Waals surface area contributed by atoms with Crippen LogP contribution < -0.4 is 26.4 Å². The van der Waals surface area contributed by atoms with Gasteiger partial charge in [0.1, 0.15) is 5.75 Å². The van der Waals surface area contributed by atoms with Crippen LogP contribution in [0.1, 0.15) is 144 Å². The standard InChI is InChI=1S/C38H58N4O6/c1-4-7-10-12-14-17-22-47-34-21-20-31(41-35(43)19-16-9-6-3)27-33(34)37(45)40-28-36(44)42-32-25-29(24-30(39)26-32)38(46)48-23-18-15-13-11-8-5-2/h20-21,24-27H,4-19,22-23,28,39H2,1-3H3,(H,40,45)(H,41,43)(H,42,44). The van der Waals surface area contributed by atoms with Crippen LogP contribution in [0, 0.1) is 0 Å². The zero-order valence-electron chi connectivity index (χ0n) is 29.4. The van der Waals surface area contributed by atoms with Crippen LogP contribution in [0.3, 0.4) is 0 Å². The molecule has 10 heteroatoms. The molecular weight excluding hydrogens is 608 g/mol. The van der Waals surface area contributed by atoms with E-state index in [2.05, 4.69) is 36.7 Å². The third kappa shape index (κ3) is 16.7. The van der Waals surface area contributed by atoms with Crippen LogP contribution in [0.2, 0.25) is 0 Å². The lowest BCUT2D eigenvalue weighted by Crippen LogP contribution is -2.33. The van der Waals surface area contributed by atoms with Crippen molar-refractivity contribution in [2.24, 2.45) is 0 Å². The van der Waals surface area contributed by atoms with Gasteiger partial charge in [0.15, 0.2) is 0 Å². The van der Waals surface area contributed by atoms with Gasteiger partial charge in [-0.15, -0.1) is 0 Å². The summed E-state index contributed by atoms with van der Waals surface area (Å²) in [6.45, 7) is 6.87. The molecule has 2 rings (SSSR count). The van der Waals surface area contributed by atoms with Gasteiger partial charge in [-0.2, -0.15) is 0 Å². The fourth-order valence-corrected chi connectivity index (χ4v) is 5.17. The summed E-state index contributed by atoms with van der Waals surface area (Å²) in [6.07, 6.45) is 16.3. The molecule has 2 aromatic rings. The second kappa shape index (κ2) is 24.1. The molecule has 48 heavy (non-hydrogen) atoms. The van der Waals surface area contributed by atoms with E-state index in [9.17, 15) is 19.2 Å². The van der Waals surface area contributed by atoms with E-state index in [1.165, 1.54) is 56.7 Å². The molecule has 0 radical (unpaired) electrons. The number of unbranched alkanes of at least 4 members (excludes halogenated alkanes) is 12. The van der Waals surface area contributed by atoms with Crippen molar-refractivity contribution in [2.45, 2.75) is 124 Å². The number of ether oxygens (including phenoxy) is 2. The molecule has 5 N–H and O–H groups in total. The van der Waals surface area contributed by atoms with Crippen LogP contribution in [-0.2, 0) is 14.3 Å². The van der Waals surface area contributed by atoms with Gasteiger partial charge in [-0.25, -0.2) is 4.79 Å². The first kappa shape index (κ1) is 40.1. The highest BCUT2D eigenvalue weighted by Gasteiger charge is 2.17. The number of anilines is 3. The highest BCUT2D eigenvalue weighted by Crippen LogP contribution is 2.24. The van der Waals surface area contributed by atoms with Crippen molar-refractivity contribution in [3.8, 4) is 5.75 Å². The number of hydrogen-bond acceptors (Lipinski definition) is 7. The van der Waals surface area contributed by atoms with E-state index in [0.29, 0.717) is 42.4 Å². The lowest BCUT2D eigenvalue weighted by atomic mass is 10.1. The topological polar surface area (TPSA) is 149 Å². The third-order valence-corrected chi connectivity index (χ3v) is 7.89. The Morgan fingerprint density at radius 3 is 1.94 bits per heavy atom. The highest BCUT2D eigenvalue weighted by atomic mass is 16.5. The van der Waals surface area contributed by atoms with Gasteiger partial charge in [0.05, 0.1) is 30.9 Å². The van der Waals surface area contributed by atoms with Gasteiger partial charge in [0, 0.05) is 23.5 Å². The fourth-order valence-electron chi connectivity index (χ4n) is 5.17. The summed E-state index contributed by atoms with van der Waals surface area (Å²) < 4.78 is 11.4. The van der Waals surface area contributed by atoms with Crippen molar-refractivity contribution in [3.63, 3.8) is 0 Å². The zero-order chi connectivity index (χ0) is 35.0. The first-order valence-corrected chi connectivity index (χ1v) is 18.0. The summed E-state index contributed by atoms with van der Waals surface area (Å²) >= 11 is 0. The monoisotopic (exact) mass is 666 g/mol. The van der Waals surface area contributed by atoms with Crippen LogP contribution in [0.15, 0.2) is 36.4 Å². The van der Waals surface area contributed by atoms with Crippen molar-refractivity contribution in [2.75, 3.05) is 36.1 Å². The van der Waals surface area contributed by atoms with E-state index in [0.717, 1.165) is 57.8 Å². The molecule has 0 aliphatic rings.